The lowest BCUT2D eigenvalue weighted by Gasteiger charge is -2.12. The predicted molar refractivity (Wildman–Crippen MR) is 89.5 cm³/mol. The average molecular weight is 350 g/mol. The summed E-state index contributed by atoms with van der Waals surface area (Å²) in [7, 11) is 0. The van der Waals surface area contributed by atoms with Crippen molar-refractivity contribution < 1.29 is 0 Å². The van der Waals surface area contributed by atoms with Gasteiger partial charge in [0.1, 0.15) is 4.47 Å². The number of rotatable bonds is 5. The van der Waals surface area contributed by atoms with E-state index in [1.807, 2.05) is 6.07 Å². The van der Waals surface area contributed by atoms with Crippen molar-refractivity contribution >= 4 is 21.6 Å². The van der Waals surface area contributed by atoms with Gasteiger partial charge in [-0.05, 0) is 34.3 Å². The Bertz CT molecular complexity index is 679. The maximum absolute atomic E-state index is 12.2. The van der Waals surface area contributed by atoms with E-state index < -0.39 is 0 Å². The first-order valence-corrected chi connectivity index (χ1v) is 7.81. The normalized spacial score (nSPS) is 10.9. The molecule has 0 amide bonds. The highest BCUT2D eigenvalue weighted by molar-refractivity contribution is 9.10. The van der Waals surface area contributed by atoms with E-state index in [0.29, 0.717) is 23.5 Å². The molecule has 2 rings (SSSR count). The number of anilines is 1. The van der Waals surface area contributed by atoms with Crippen molar-refractivity contribution in [2.24, 2.45) is 5.92 Å². The molecule has 1 N–H and O–H groups in total. The molecule has 0 aliphatic heterocycles. The minimum absolute atomic E-state index is 0.0991. The molecule has 0 saturated carbocycles. The fraction of sp³-hybridized carbons (Fsp3) is 0.375. The van der Waals surface area contributed by atoms with Crippen LogP contribution in [-0.2, 0) is 13.1 Å². The van der Waals surface area contributed by atoms with Gasteiger partial charge < -0.3 is 5.32 Å². The van der Waals surface area contributed by atoms with Crippen LogP contribution >= 0.6 is 15.9 Å². The highest BCUT2D eigenvalue weighted by Crippen LogP contribution is 2.17. The van der Waals surface area contributed by atoms with Crippen LogP contribution in [0.2, 0.25) is 0 Å². The van der Waals surface area contributed by atoms with Crippen LogP contribution in [0.15, 0.2) is 39.7 Å². The van der Waals surface area contributed by atoms with Crippen molar-refractivity contribution in [3.05, 3.63) is 56.4 Å². The van der Waals surface area contributed by atoms with E-state index in [4.69, 9.17) is 0 Å². The van der Waals surface area contributed by atoms with Gasteiger partial charge in [0.25, 0.3) is 5.56 Å². The predicted octanol–water partition coefficient (Wildman–Crippen LogP) is 3.58. The van der Waals surface area contributed by atoms with E-state index >= 15 is 0 Å². The van der Waals surface area contributed by atoms with Crippen LogP contribution in [0, 0.1) is 12.8 Å². The van der Waals surface area contributed by atoms with Crippen LogP contribution in [0.5, 0.6) is 0 Å². The standard InChI is InChI=1S/C16H20BrN3O/c1-11(2)10-20-16(21)15(17)14(9-19-20)18-8-13-6-4-5-12(3)7-13/h4-7,9,11,18H,8,10H2,1-3H3. The highest BCUT2D eigenvalue weighted by Gasteiger charge is 2.09. The van der Waals surface area contributed by atoms with Gasteiger partial charge in [0.2, 0.25) is 0 Å². The van der Waals surface area contributed by atoms with Gasteiger partial charge in [-0.25, -0.2) is 4.68 Å². The molecule has 112 valence electrons. The fourth-order valence-corrected chi connectivity index (χ4v) is 2.53. The zero-order chi connectivity index (χ0) is 15.4. The number of nitrogens with one attached hydrogen (secondary N) is 1. The van der Waals surface area contributed by atoms with Gasteiger partial charge in [-0.3, -0.25) is 4.79 Å². The molecule has 0 aliphatic rings. The first-order chi connectivity index (χ1) is 9.97. The molecule has 5 heteroatoms. The minimum Gasteiger partial charge on any atom is -0.379 e. The van der Waals surface area contributed by atoms with Crippen LogP contribution in [0.4, 0.5) is 5.69 Å². The summed E-state index contributed by atoms with van der Waals surface area (Å²) in [4.78, 5) is 12.2. The van der Waals surface area contributed by atoms with Crippen molar-refractivity contribution in [3.8, 4) is 0 Å². The molecule has 1 heterocycles. The smallest absolute Gasteiger partial charge is 0.283 e. The SMILES string of the molecule is Cc1cccc(CNc2cnn(CC(C)C)c(=O)c2Br)c1. The summed E-state index contributed by atoms with van der Waals surface area (Å²) in [5, 5.41) is 7.48. The van der Waals surface area contributed by atoms with E-state index in [1.165, 1.54) is 15.8 Å². The molecule has 0 saturated heterocycles. The van der Waals surface area contributed by atoms with E-state index in [-0.39, 0.29) is 5.56 Å². The number of aromatic nitrogens is 2. The van der Waals surface area contributed by atoms with Crippen molar-refractivity contribution in [1.82, 2.24) is 9.78 Å². The summed E-state index contributed by atoms with van der Waals surface area (Å²) >= 11 is 3.37. The molecular formula is C16H20BrN3O. The number of hydrogen-bond acceptors (Lipinski definition) is 3. The van der Waals surface area contributed by atoms with Gasteiger partial charge in [-0.2, -0.15) is 5.10 Å². The lowest BCUT2D eigenvalue weighted by molar-refractivity contribution is 0.462. The van der Waals surface area contributed by atoms with E-state index in [0.717, 1.165) is 5.69 Å². The molecule has 0 spiro atoms. The summed E-state index contributed by atoms with van der Waals surface area (Å²) < 4.78 is 2.03. The van der Waals surface area contributed by atoms with Crippen molar-refractivity contribution in [3.63, 3.8) is 0 Å². The number of aryl methyl sites for hydroxylation is 1. The summed E-state index contributed by atoms with van der Waals surface area (Å²) in [5.74, 6) is 0.383. The Kier molecular flexibility index (Phi) is 5.17. The van der Waals surface area contributed by atoms with Gasteiger partial charge in [-0.1, -0.05) is 43.7 Å². The number of nitrogens with zero attached hydrogens (tertiary/aromatic N) is 2. The Morgan fingerprint density at radius 1 is 1.38 bits per heavy atom. The molecule has 0 bridgehead atoms. The lowest BCUT2D eigenvalue weighted by Crippen LogP contribution is -2.26. The van der Waals surface area contributed by atoms with E-state index in [9.17, 15) is 4.79 Å². The molecule has 1 aromatic heterocycles. The molecule has 0 aliphatic carbocycles. The van der Waals surface area contributed by atoms with Gasteiger partial charge in [0.05, 0.1) is 11.9 Å². The molecule has 1 aromatic carbocycles. The Labute approximate surface area is 133 Å². The third kappa shape index (κ3) is 4.17. The van der Waals surface area contributed by atoms with E-state index in [2.05, 4.69) is 65.3 Å². The second-order valence-corrected chi connectivity index (χ2v) is 6.39. The molecule has 0 unspecified atom stereocenters. The zero-order valence-electron chi connectivity index (χ0n) is 12.6. The second-order valence-electron chi connectivity index (χ2n) is 5.60. The van der Waals surface area contributed by atoms with Crippen LogP contribution < -0.4 is 10.9 Å². The third-order valence-corrected chi connectivity index (χ3v) is 3.85. The summed E-state index contributed by atoms with van der Waals surface area (Å²) in [6.07, 6.45) is 1.70. The van der Waals surface area contributed by atoms with Crippen LogP contribution in [-0.4, -0.2) is 9.78 Å². The fourth-order valence-electron chi connectivity index (χ4n) is 2.08. The van der Waals surface area contributed by atoms with Crippen LogP contribution in [0.1, 0.15) is 25.0 Å². The highest BCUT2D eigenvalue weighted by atomic mass is 79.9. The third-order valence-electron chi connectivity index (χ3n) is 3.09. The molecular weight excluding hydrogens is 330 g/mol. The number of hydrogen-bond donors (Lipinski definition) is 1. The average Bonchev–Trinajstić information content (AvgIpc) is 2.43. The van der Waals surface area contributed by atoms with Crippen molar-refractivity contribution in [1.29, 1.82) is 0 Å². The molecule has 0 atom stereocenters. The lowest BCUT2D eigenvalue weighted by atomic mass is 10.1. The summed E-state index contributed by atoms with van der Waals surface area (Å²) in [5.41, 5.74) is 3.02. The van der Waals surface area contributed by atoms with Crippen molar-refractivity contribution in [2.45, 2.75) is 33.9 Å². The Morgan fingerprint density at radius 3 is 2.81 bits per heavy atom. The Hall–Kier alpha value is -1.62. The molecule has 4 nitrogen and oxygen atoms in total. The first-order valence-electron chi connectivity index (χ1n) is 7.02. The zero-order valence-corrected chi connectivity index (χ0v) is 14.1. The van der Waals surface area contributed by atoms with E-state index in [1.54, 1.807) is 6.20 Å². The van der Waals surface area contributed by atoms with Gasteiger partial charge >= 0.3 is 0 Å². The minimum atomic E-state index is -0.0991. The molecule has 21 heavy (non-hydrogen) atoms. The van der Waals surface area contributed by atoms with Gasteiger partial charge in [0.15, 0.2) is 0 Å². The quantitative estimate of drug-likeness (QED) is 0.897. The topological polar surface area (TPSA) is 46.9 Å². The first kappa shape index (κ1) is 15.8. The molecule has 0 radical (unpaired) electrons. The maximum Gasteiger partial charge on any atom is 0.283 e. The largest absolute Gasteiger partial charge is 0.379 e. The van der Waals surface area contributed by atoms with Gasteiger partial charge in [0, 0.05) is 13.1 Å². The Morgan fingerprint density at radius 2 is 2.14 bits per heavy atom. The van der Waals surface area contributed by atoms with Crippen molar-refractivity contribution in [2.75, 3.05) is 5.32 Å². The summed E-state index contributed by atoms with van der Waals surface area (Å²) in [6.45, 7) is 7.47. The second kappa shape index (κ2) is 6.89. The molecule has 2 aromatic rings. The maximum atomic E-state index is 12.2. The number of benzene rings is 1. The van der Waals surface area contributed by atoms with Crippen LogP contribution in [0.25, 0.3) is 0 Å². The van der Waals surface area contributed by atoms with Crippen LogP contribution in [0.3, 0.4) is 0 Å². The Balaban J connectivity index is 2.14. The monoisotopic (exact) mass is 349 g/mol. The molecule has 0 fully saturated rings. The van der Waals surface area contributed by atoms with Gasteiger partial charge in [-0.15, -0.1) is 0 Å². The number of halogens is 1. The summed E-state index contributed by atoms with van der Waals surface area (Å²) in [6, 6.07) is 8.27.